The molecule has 0 bridgehead atoms. The topological polar surface area (TPSA) is 47.9 Å². The molecule has 4 heteroatoms. The second-order valence-corrected chi connectivity index (χ2v) is 14.3. The van der Waals surface area contributed by atoms with Gasteiger partial charge in [0.2, 0.25) is 0 Å². The monoisotopic (exact) mass is 715 g/mol. The molecule has 4 nitrogen and oxygen atoms in total. The van der Waals surface area contributed by atoms with Crippen molar-refractivity contribution in [1.82, 2.24) is 15.0 Å². The van der Waals surface area contributed by atoms with Gasteiger partial charge in [-0.1, -0.05) is 176 Å². The third kappa shape index (κ3) is 5.04. The predicted octanol–water partition coefficient (Wildman–Crippen LogP) is 12.7. The molecule has 0 atom stereocenters. The van der Waals surface area contributed by atoms with Crippen molar-refractivity contribution in [2.75, 3.05) is 0 Å². The second kappa shape index (κ2) is 12.9. The summed E-state index contributed by atoms with van der Waals surface area (Å²) in [6.45, 7) is 0. The van der Waals surface area contributed by atoms with E-state index < -0.39 is 5.41 Å². The first kappa shape index (κ1) is 32.0. The van der Waals surface area contributed by atoms with Crippen LogP contribution < -0.4 is 4.74 Å². The van der Waals surface area contributed by atoms with Crippen molar-refractivity contribution in [1.29, 1.82) is 0 Å². The number of benzene rings is 8. The van der Waals surface area contributed by atoms with E-state index >= 15 is 0 Å². The van der Waals surface area contributed by atoms with Crippen LogP contribution in [0.2, 0.25) is 0 Å². The van der Waals surface area contributed by atoms with Gasteiger partial charge in [0.15, 0.2) is 17.5 Å². The van der Waals surface area contributed by atoms with Gasteiger partial charge >= 0.3 is 0 Å². The Hall–Kier alpha value is -7.43. The summed E-state index contributed by atoms with van der Waals surface area (Å²) in [5, 5.41) is 0. The number of hydrogen-bond donors (Lipinski definition) is 0. The van der Waals surface area contributed by atoms with E-state index in [9.17, 15) is 0 Å². The van der Waals surface area contributed by atoms with Crippen molar-refractivity contribution in [2.24, 2.45) is 0 Å². The molecular formula is C52H33N3O. The molecule has 0 N–H and O–H groups in total. The van der Waals surface area contributed by atoms with E-state index in [-0.39, 0.29) is 0 Å². The first-order chi connectivity index (χ1) is 27.7. The highest BCUT2D eigenvalue weighted by molar-refractivity contribution is 5.92. The average molecular weight is 716 g/mol. The molecule has 11 rings (SSSR count). The molecule has 1 aliphatic carbocycles. The molecule has 0 unspecified atom stereocenters. The summed E-state index contributed by atoms with van der Waals surface area (Å²) in [6.07, 6.45) is 0. The van der Waals surface area contributed by atoms with E-state index in [4.69, 9.17) is 19.7 Å². The number of rotatable bonds is 5. The molecule has 2 heterocycles. The van der Waals surface area contributed by atoms with Gasteiger partial charge in [0.25, 0.3) is 0 Å². The molecule has 0 amide bonds. The summed E-state index contributed by atoms with van der Waals surface area (Å²) in [4.78, 5) is 15.1. The molecule has 0 radical (unpaired) electrons. The zero-order valence-corrected chi connectivity index (χ0v) is 30.3. The van der Waals surface area contributed by atoms with Crippen LogP contribution in [0.15, 0.2) is 200 Å². The van der Waals surface area contributed by atoms with Crippen molar-refractivity contribution in [3.05, 3.63) is 222 Å². The van der Waals surface area contributed by atoms with Crippen LogP contribution in [0.25, 0.3) is 67.5 Å². The standard InChI is InChI=1S/C52H33N3O/c1-4-14-34(15-5-1)35-24-26-36(27-25-35)39-28-30-41-42-32-40(51-54-49(37-16-6-2-7-17-37)53-50(55-51)38-18-8-3-9-19-38)29-31-43(42)52(46(41)33-39)44-20-10-12-22-47(44)56-48-23-13-11-21-45(48)52/h1-33H. The van der Waals surface area contributed by atoms with E-state index in [1.807, 2.05) is 60.7 Å². The van der Waals surface area contributed by atoms with Gasteiger partial charge in [0.05, 0.1) is 5.41 Å². The van der Waals surface area contributed by atoms with Gasteiger partial charge in [0, 0.05) is 27.8 Å². The molecule has 0 saturated heterocycles. The quantitative estimate of drug-likeness (QED) is 0.178. The lowest BCUT2D eigenvalue weighted by molar-refractivity contribution is 0.436. The van der Waals surface area contributed by atoms with Crippen molar-refractivity contribution in [2.45, 2.75) is 5.41 Å². The highest BCUT2D eigenvalue weighted by atomic mass is 16.5. The molecule has 1 aliphatic heterocycles. The van der Waals surface area contributed by atoms with Gasteiger partial charge in [-0.3, -0.25) is 0 Å². The maximum atomic E-state index is 6.64. The van der Waals surface area contributed by atoms with Crippen LogP contribution in [0.3, 0.4) is 0 Å². The third-order valence-corrected chi connectivity index (χ3v) is 11.2. The Bertz CT molecular complexity index is 2820. The summed E-state index contributed by atoms with van der Waals surface area (Å²) >= 11 is 0. The van der Waals surface area contributed by atoms with Crippen LogP contribution in [0.5, 0.6) is 11.5 Å². The average Bonchev–Trinajstić information content (AvgIpc) is 3.56. The summed E-state index contributed by atoms with van der Waals surface area (Å²) in [5.41, 5.74) is 13.9. The van der Waals surface area contributed by atoms with Gasteiger partial charge in [-0.25, -0.2) is 15.0 Å². The number of para-hydroxylation sites is 2. The molecule has 1 spiro atoms. The van der Waals surface area contributed by atoms with E-state index in [0.29, 0.717) is 17.5 Å². The van der Waals surface area contributed by atoms with Gasteiger partial charge in [0.1, 0.15) is 11.5 Å². The van der Waals surface area contributed by atoms with E-state index in [1.54, 1.807) is 0 Å². The van der Waals surface area contributed by atoms with E-state index in [0.717, 1.165) is 50.4 Å². The van der Waals surface area contributed by atoms with Crippen molar-refractivity contribution >= 4 is 0 Å². The smallest absolute Gasteiger partial charge is 0.164 e. The molecular weight excluding hydrogens is 683 g/mol. The predicted molar refractivity (Wildman–Crippen MR) is 224 cm³/mol. The molecule has 9 aromatic rings. The van der Waals surface area contributed by atoms with Crippen LogP contribution in [-0.4, -0.2) is 15.0 Å². The minimum atomic E-state index is -0.613. The summed E-state index contributed by atoms with van der Waals surface area (Å²) in [6, 6.07) is 70.4. The summed E-state index contributed by atoms with van der Waals surface area (Å²) < 4.78 is 6.64. The Morgan fingerprint density at radius 3 is 1.29 bits per heavy atom. The largest absolute Gasteiger partial charge is 0.457 e. The fourth-order valence-electron chi connectivity index (χ4n) is 8.65. The number of ether oxygens (including phenoxy) is 1. The normalized spacial score (nSPS) is 12.9. The fourth-order valence-corrected chi connectivity index (χ4v) is 8.65. The minimum Gasteiger partial charge on any atom is -0.457 e. The first-order valence-corrected chi connectivity index (χ1v) is 18.9. The molecule has 56 heavy (non-hydrogen) atoms. The SMILES string of the molecule is c1ccc(-c2ccc(-c3ccc4c(c3)C3(c5ccccc5Oc5ccccc53)c3ccc(-c5nc(-c6ccccc6)nc(-c6ccccc6)n5)cc3-4)cc2)cc1. The molecule has 0 saturated carbocycles. The van der Waals surface area contributed by atoms with Crippen molar-refractivity contribution in [3.63, 3.8) is 0 Å². The molecule has 262 valence electrons. The maximum Gasteiger partial charge on any atom is 0.164 e. The molecule has 2 aliphatic rings. The highest BCUT2D eigenvalue weighted by Crippen LogP contribution is 2.62. The molecule has 0 fully saturated rings. The Morgan fingerprint density at radius 2 is 0.714 bits per heavy atom. The Balaban J connectivity index is 1.13. The lowest BCUT2D eigenvalue weighted by Crippen LogP contribution is -2.32. The first-order valence-electron chi connectivity index (χ1n) is 18.9. The zero-order chi connectivity index (χ0) is 37.1. The van der Waals surface area contributed by atoms with Crippen molar-refractivity contribution in [3.8, 4) is 79.0 Å². The Kier molecular flexibility index (Phi) is 7.36. The van der Waals surface area contributed by atoms with Gasteiger partial charge in [-0.15, -0.1) is 0 Å². The third-order valence-electron chi connectivity index (χ3n) is 11.2. The minimum absolute atomic E-state index is 0.613. The number of hydrogen-bond acceptors (Lipinski definition) is 4. The number of nitrogens with zero attached hydrogens (tertiary/aromatic N) is 3. The molecule has 1 aromatic heterocycles. The van der Waals surface area contributed by atoms with Crippen LogP contribution in [0.4, 0.5) is 0 Å². The van der Waals surface area contributed by atoms with E-state index in [1.165, 1.54) is 33.4 Å². The van der Waals surface area contributed by atoms with Crippen LogP contribution in [-0.2, 0) is 5.41 Å². The van der Waals surface area contributed by atoms with Crippen LogP contribution in [0.1, 0.15) is 22.3 Å². The summed E-state index contributed by atoms with van der Waals surface area (Å²) in [5.74, 6) is 3.64. The van der Waals surface area contributed by atoms with Crippen LogP contribution in [0, 0.1) is 0 Å². The van der Waals surface area contributed by atoms with Crippen LogP contribution >= 0.6 is 0 Å². The number of fused-ring (bicyclic) bond motifs is 9. The van der Waals surface area contributed by atoms with Crippen molar-refractivity contribution < 1.29 is 4.74 Å². The molecule has 8 aromatic carbocycles. The van der Waals surface area contributed by atoms with Gasteiger partial charge < -0.3 is 4.74 Å². The Labute approximate surface area is 325 Å². The summed E-state index contributed by atoms with van der Waals surface area (Å²) in [7, 11) is 0. The highest BCUT2D eigenvalue weighted by Gasteiger charge is 2.51. The number of aromatic nitrogens is 3. The van der Waals surface area contributed by atoms with E-state index in [2.05, 4.69) is 140 Å². The zero-order valence-electron chi connectivity index (χ0n) is 30.3. The second-order valence-electron chi connectivity index (χ2n) is 14.3. The Morgan fingerprint density at radius 1 is 0.286 bits per heavy atom. The maximum absolute atomic E-state index is 6.64. The lowest BCUT2D eigenvalue weighted by Gasteiger charge is -2.39. The fraction of sp³-hybridized carbons (Fsp3) is 0.0192. The van der Waals surface area contributed by atoms with Gasteiger partial charge in [-0.05, 0) is 68.8 Å². The van der Waals surface area contributed by atoms with Gasteiger partial charge in [-0.2, -0.15) is 0 Å². The lowest BCUT2D eigenvalue weighted by atomic mass is 9.66.